The van der Waals surface area contributed by atoms with Crippen molar-refractivity contribution in [1.29, 1.82) is 0 Å². The molecule has 0 amide bonds. The second-order valence-electron chi connectivity index (χ2n) is 16.9. The van der Waals surface area contributed by atoms with Crippen LogP contribution in [0.1, 0.15) is 135 Å². The van der Waals surface area contributed by atoms with E-state index in [0.29, 0.717) is 23.7 Å². The van der Waals surface area contributed by atoms with Crippen LogP contribution in [0, 0.1) is 41.5 Å². The summed E-state index contributed by atoms with van der Waals surface area (Å²) in [5.74, 6) is 2.74. The maximum absolute atomic E-state index is 2.68. The minimum Gasteiger partial charge on any atom is -1.00 e. The van der Waals surface area contributed by atoms with Gasteiger partial charge in [0.05, 0.1) is 17.1 Å². The molecule has 2 aliphatic rings. The first-order valence-corrected chi connectivity index (χ1v) is 19.6. The molecule has 4 aromatic rings. The molecule has 0 bridgehead atoms. The lowest BCUT2D eigenvalue weighted by atomic mass is 9.91. The molecule has 1 unspecified atom stereocenters. The molecule has 6 rings (SSSR count). The summed E-state index contributed by atoms with van der Waals surface area (Å²) in [6, 6.07) is 23.4. The molecule has 0 aliphatic carbocycles. The number of aryl methyl sites for hydroxylation is 6. The molecule has 282 valence electrons. The van der Waals surface area contributed by atoms with Gasteiger partial charge in [0, 0.05) is 23.5 Å². The molecule has 2 heterocycles. The predicted molar refractivity (Wildman–Crippen MR) is 225 cm³/mol. The first-order chi connectivity index (χ1) is 24.6. The molecule has 0 saturated carbocycles. The number of hydrogen-bond acceptors (Lipinski definition) is 3. The van der Waals surface area contributed by atoms with E-state index in [0.717, 1.165) is 13.2 Å². The Bertz CT molecular complexity index is 1870. The summed E-state index contributed by atoms with van der Waals surface area (Å²) in [7, 11) is 0. The van der Waals surface area contributed by atoms with Gasteiger partial charge in [-0.1, -0.05) is 127 Å². The maximum atomic E-state index is 2.68. The van der Waals surface area contributed by atoms with Crippen molar-refractivity contribution in [3.8, 4) is 0 Å². The first-order valence-electron chi connectivity index (χ1n) is 19.6. The van der Waals surface area contributed by atoms with E-state index in [1.165, 1.54) is 94.8 Å². The first kappa shape index (κ1) is 40.2. The number of anilines is 3. The molecule has 4 nitrogen and oxygen atoms in total. The summed E-state index contributed by atoms with van der Waals surface area (Å²) in [4.78, 5) is 9.32. The lowest BCUT2D eigenvalue weighted by molar-refractivity contribution is -0.815. The number of rotatable bonds is 8. The number of halogens is 1. The molecule has 1 saturated heterocycles. The zero-order chi connectivity index (χ0) is 37.8. The minimum atomic E-state index is 0. The third kappa shape index (κ3) is 7.42. The third-order valence-corrected chi connectivity index (χ3v) is 11.2. The van der Waals surface area contributed by atoms with Crippen molar-refractivity contribution >= 4 is 22.7 Å². The Morgan fingerprint density at radius 2 is 0.868 bits per heavy atom. The highest BCUT2D eigenvalue weighted by Gasteiger charge is 2.42. The fourth-order valence-corrected chi connectivity index (χ4v) is 9.17. The number of benzene rings is 4. The quantitative estimate of drug-likeness (QED) is 0.195. The minimum absolute atomic E-state index is 0. The summed E-state index contributed by atoms with van der Waals surface area (Å²) < 4.78 is 0. The van der Waals surface area contributed by atoms with Gasteiger partial charge in [-0.2, -0.15) is 0 Å². The van der Waals surface area contributed by atoms with Crippen molar-refractivity contribution in [3.63, 3.8) is 0 Å². The molecule has 1 fully saturated rings. The lowest BCUT2D eigenvalue weighted by Crippen LogP contribution is -3.06. The van der Waals surface area contributed by atoms with Crippen molar-refractivity contribution in [3.05, 3.63) is 140 Å². The van der Waals surface area contributed by atoms with Gasteiger partial charge >= 0.3 is 0 Å². The van der Waals surface area contributed by atoms with Gasteiger partial charge in [-0.05, 0) is 98.6 Å². The number of hydrogen-bond donors (Lipinski definition) is 1. The Balaban J connectivity index is 0.00000541. The summed E-state index contributed by atoms with van der Waals surface area (Å²) in [6.45, 7) is 34.1. The zero-order valence-electron chi connectivity index (χ0n) is 34.9. The molecule has 53 heavy (non-hydrogen) atoms. The van der Waals surface area contributed by atoms with Crippen molar-refractivity contribution in [2.24, 2.45) is 0 Å². The van der Waals surface area contributed by atoms with Crippen LogP contribution in [-0.2, 0) is 0 Å². The average molecular weight is 732 g/mol. The Morgan fingerprint density at radius 3 is 1.23 bits per heavy atom. The van der Waals surface area contributed by atoms with E-state index in [-0.39, 0.29) is 12.4 Å². The van der Waals surface area contributed by atoms with E-state index in [2.05, 4.69) is 185 Å². The second kappa shape index (κ2) is 15.8. The van der Waals surface area contributed by atoms with Crippen LogP contribution in [0.2, 0.25) is 0 Å². The molecule has 0 radical (unpaired) electrons. The van der Waals surface area contributed by atoms with Crippen molar-refractivity contribution < 1.29 is 17.3 Å². The fourth-order valence-electron chi connectivity index (χ4n) is 9.17. The molecule has 0 aromatic heterocycles. The predicted octanol–water partition coefficient (Wildman–Crippen LogP) is 8.70. The number of para-hydroxylation sites is 2. The summed E-state index contributed by atoms with van der Waals surface area (Å²) in [5.41, 5.74) is 20.4. The lowest BCUT2D eigenvalue weighted by Gasteiger charge is -2.35. The van der Waals surface area contributed by atoms with Crippen LogP contribution in [0.5, 0.6) is 0 Å². The average Bonchev–Trinajstić information content (AvgIpc) is 3.67. The second-order valence-corrected chi connectivity index (χ2v) is 16.9. The van der Waals surface area contributed by atoms with Gasteiger partial charge in [0.2, 0.25) is 0 Å². The highest BCUT2D eigenvalue weighted by Crippen LogP contribution is 2.46. The molecule has 1 N–H and O–H groups in total. The van der Waals surface area contributed by atoms with Crippen LogP contribution in [0.25, 0.3) is 0 Å². The number of nitrogens with one attached hydrogen (secondary N) is 1. The van der Waals surface area contributed by atoms with Gasteiger partial charge in [-0.25, -0.2) is 0 Å². The van der Waals surface area contributed by atoms with Crippen molar-refractivity contribution in [2.45, 2.75) is 121 Å². The molecule has 4 aromatic carbocycles. The highest BCUT2D eigenvalue weighted by molar-refractivity contribution is 5.79. The van der Waals surface area contributed by atoms with E-state index >= 15 is 0 Å². The smallest absolute Gasteiger partial charge is 0.162 e. The standard InChI is InChI=1S/C48H62N4.ClH/c1-29(2)39-17-15-18-40(30(3)4)46(39)50-21-22-51(47-41(31(5)6)19-16-20-42(47)32(7)8)48(50)43-27-49(44-35(11)23-33(9)24-36(44)12)28-52(43)45-37(13)25-34(10)26-38(45)14;/h15-26,29-32H,27-28H2,1-14H3;1H. The Morgan fingerprint density at radius 1 is 0.509 bits per heavy atom. The molecule has 0 spiro atoms. The van der Waals surface area contributed by atoms with Crippen molar-refractivity contribution in [1.82, 2.24) is 0 Å². The van der Waals surface area contributed by atoms with E-state index in [9.17, 15) is 0 Å². The normalized spacial score (nSPS) is 16.0. The number of quaternary nitrogens is 1. The summed E-state index contributed by atoms with van der Waals surface area (Å²) in [6.07, 6.45) is 4.73. The third-order valence-electron chi connectivity index (χ3n) is 11.2. The SMILES string of the molecule is Cc1cc(C)c(N2C[NH+](c3c(C)cc(C)cc3C)CC2=C2N(c3c(C(C)C)cccc3C(C)C)C=CN2c2c(C(C)C)cccc2C(C)C)c(C)c1.[Cl-]. The number of nitrogens with zero attached hydrogens (tertiary/aromatic N) is 3. The molecule has 5 heteroatoms. The van der Waals surface area contributed by atoms with Crippen LogP contribution in [0.4, 0.5) is 22.7 Å². The van der Waals surface area contributed by atoms with Crippen LogP contribution < -0.4 is 32.0 Å². The van der Waals surface area contributed by atoms with Gasteiger partial charge in [0.1, 0.15) is 23.8 Å². The van der Waals surface area contributed by atoms with Crippen LogP contribution in [-0.4, -0.2) is 13.2 Å². The largest absolute Gasteiger partial charge is 1.00 e. The zero-order valence-corrected chi connectivity index (χ0v) is 35.6. The van der Waals surface area contributed by atoms with E-state index in [1.807, 2.05) is 0 Å². The van der Waals surface area contributed by atoms with Gasteiger partial charge in [0.15, 0.2) is 6.67 Å². The molecular formula is C48H63ClN4. The van der Waals surface area contributed by atoms with E-state index in [4.69, 9.17) is 0 Å². The summed E-state index contributed by atoms with van der Waals surface area (Å²) in [5, 5.41) is 0. The van der Waals surface area contributed by atoms with Crippen molar-refractivity contribution in [2.75, 3.05) is 27.9 Å². The monoisotopic (exact) mass is 730 g/mol. The topological polar surface area (TPSA) is 14.2 Å². The molecule has 1 atom stereocenters. The van der Waals surface area contributed by atoms with Crippen LogP contribution >= 0.6 is 0 Å². The fraction of sp³-hybridized carbons (Fsp3) is 0.417. The maximum Gasteiger partial charge on any atom is 0.162 e. The molecule has 2 aliphatic heterocycles. The van der Waals surface area contributed by atoms with E-state index < -0.39 is 0 Å². The highest BCUT2D eigenvalue weighted by atomic mass is 35.5. The van der Waals surface area contributed by atoms with Crippen LogP contribution in [0.3, 0.4) is 0 Å². The Hall–Kier alpha value is -3.99. The van der Waals surface area contributed by atoms with Gasteiger partial charge < -0.3 is 12.4 Å². The summed E-state index contributed by atoms with van der Waals surface area (Å²) >= 11 is 0. The van der Waals surface area contributed by atoms with Gasteiger partial charge in [-0.15, -0.1) is 0 Å². The Labute approximate surface area is 327 Å². The molecular weight excluding hydrogens is 668 g/mol. The Kier molecular flexibility index (Phi) is 12.0. The van der Waals surface area contributed by atoms with E-state index in [1.54, 1.807) is 0 Å². The van der Waals surface area contributed by atoms with Gasteiger partial charge in [-0.3, -0.25) is 19.6 Å². The van der Waals surface area contributed by atoms with Gasteiger partial charge in [0.25, 0.3) is 0 Å². The van der Waals surface area contributed by atoms with Crippen LogP contribution in [0.15, 0.2) is 84.6 Å².